The maximum atomic E-state index is 2.40. The predicted octanol–water partition coefficient (Wildman–Crippen LogP) is 6.12. The average molecular weight is 224 g/mol. The van der Waals surface area contributed by atoms with Gasteiger partial charge in [-0.25, -0.2) is 0 Å². The standard InChI is InChI=1S/C16H32/c1-4-6-8-10-11-13-15-16(3)14-12-9-7-5-2/h11,13,16H,4-10,12,14-15H2,1-3H3/b13-11+. The summed E-state index contributed by atoms with van der Waals surface area (Å²) in [4.78, 5) is 0. The van der Waals surface area contributed by atoms with Crippen molar-refractivity contribution in [2.45, 2.75) is 85.0 Å². The van der Waals surface area contributed by atoms with Gasteiger partial charge in [-0.3, -0.25) is 0 Å². The van der Waals surface area contributed by atoms with Gasteiger partial charge in [0, 0.05) is 0 Å². The van der Waals surface area contributed by atoms with Crippen LogP contribution in [-0.4, -0.2) is 0 Å². The molecule has 0 nitrogen and oxygen atoms in total. The van der Waals surface area contributed by atoms with E-state index < -0.39 is 0 Å². The van der Waals surface area contributed by atoms with Crippen LogP contribution in [0.1, 0.15) is 85.0 Å². The fourth-order valence-electron chi connectivity index (χ4n) is 2.00. The van der Waals surface area contributed by atoms with Gasteiger partial charge < -0.3 is 0 Å². The number of rotatable bonds is 11. The molecule has 0 aliphatic rings. The summed E-state index contributed by atoms with van der Waals surface area (Å²) in [6.07, 6.45) is 18.5. The lowest BCUT2D eigenvalue weighted by Crippen LogP contribution is -1.92. The van der Waals surface area contributed by atoms with Gasteiger partial charge in [-0.1, -0.05) is 77.9 Å². The van der Waals surface area contributed by atoms with Crippen LogP contribution in [-0.2, 0) is 0 Å². The van der Waals surface area contributed by atoms with Gasteiger partial charge >= 0.3 is 0 Å². The highest BCUT2D eigenvalue weighted by Gasteiger charge is 1.98. The Balaban J connectivity index is 3.24. The molecule has 0 rings (SSSR count). The van der Waals surface area contributed by atoms with Crippen LogP contribution in [0.4, 0.5) is 0 Å². The van der Waals surface area contributed by atoms with E-state index >= 15 is 0 Å². The zero-order chi connectivity index (χ0) is 12.1. The molecule has 0 heterocycles. The summed E-state index contributed by atoms with van der Waals surface area (Å²) in [6.45, 7) is 6.94. The maximum absolute atomic E-state index is 2.40. The summed E-state index contributed by atoms with van der Waals surface area (Å²) in [7, 11) is 0. The van der Waals surface area contributed by atoms with Crippen LogP contribution in [0.25, 0.3) is 0 Å². The molecule has 0 radical (unpaired) electrons. The lowest BCUT2D eigenvalue weighted by Gasteiger charge is -2.07. The van der Waals surface area contributed by atoms with Crippen LogP contribution < -0.4 is 0 Å². The molecule has 0 N–H and O–H groups in total. The summed E-state index contributed by atoms with van der Waals surface area (Å²) in [6, 6.07) is 0. The van der Waals surface area contributed by atoms with E-state index in [1.807, 2.05) is 0 Å². The fraction of sp³-hybridized carbons (Fsp3) is 0.875. The highest BCUT2D eigenvalue weighted by molar-refractivity contribution is 4.83. The summed E-state index contributed by atoms with van der Waals surface area (Å²) in [5.74, 6) is 0.888. The number of unbranched alkanes of at least 4 members (excludes halogenated alkanes) is 6. The molecule has 0 heteroatoms. The first-order chi connectivity index (χ1) is 7.81. The Morgan fingerprint density at radius 2 is 1.50 bits per heavy atom. The molecule has 1 atom stereocenters. The summed E-state index contributed by atoms with van der Waals surface area (Å²) < 4.78 is 0. The van der Waals surface area contributed by atoms with Crippen molar-refractivity contribution in [3.8, 4) is 0 Å². The minimum Gasteiger partial charge on any atom is -0.0885 e. The molecule has 0 saturated heterocycles. The molecule has 16 heavy (non-hydrogen) atoms. The zero-order valence-electron chi connectivity index (χ0n) is 11.8. The molecule has 1 unspecified atom stereocenters. The van der Waals surface area contributed by atoms with Crippen molar-refractivity contribution < 1.29 is 0 Å². The maximum Gasteiger partial charge on any atom is -0.0325 e. The van der Waals surface area contributed by atoms with E-state index in [0.29, 0.717) is 0 Å². The third-order valence-electron chi connectivity index (χ3n) is 3.23. The number of hydrogen-bond donors (Lipinski definition) is 0. The van der Waals surface area contributed by atoms with Crippen molar-refractivity contribution in [3.05, 3.63) is 12.2 Å². The molecule has 0 aromatic carbocycles. The lowest BCUT2D eigenvalue weighted by molar-refractivity contribution is 0.493. The molecule has 96 valence electrons. The van der Waals surface area contributed by atoms with E-state index in [1.54, 1.807) is 0 Å². The molecule has 0 spiro atoms. The Bertz CT molecular complexity index is 146. The van der Waals surface area contributed by atoms with Gasteiger partial charge in [-0.2, -0.15) is 0 Å². The van der Waals surface area contributed by atoms with Crippen LogP contribution in [0.3, 0.4) is 0 Å². The van der Waals surface area contributed by atoms with Gasteiger partial charge in [0.15, 0.2) is 0 Å². The smallest absolute Gasteiger partial charge is 0.0325 e. The molecule has 0 aliphatic carbocycles. The average Bonchev–Trinajstić information content (AvgIpc) is 2.29. The van der Waals surface area contributed by atoms with Crippen molar-refractivity contribution in [2.75, 3.05) is 0 Å². The van der Waals surface area contributed by atoms with E-state index in [-0.39, 0.29) is 0 Å². The normalized spacial score (nSPS) is 13.4. The van der Waals surface area contributed by atoms with Gasteiger partial charge in [0.25, 0.3) is 0 Å². The first-order valence-electron chi connectivity index (χ1n) is 7.46. The van der Waals surface area contributed by atoms with Crippen LogP contribution in [0.15, 0.2) is 12.2 Å². The fourth-order valence-corrected chi connectivity index (χ4v) is 2.00. The molecule has 0 fully saturated rings. The number of hydrogen-bond acceptors (Lipinski definition) is 0. The predicted molar refractivity (Wildman–Crippen MR) is 75.8 cm³/mol. The SMILES string of the molecule is CCCCC/C=C/CC(C)CCCCCC. The van der Waals surface area contributed by atoms with E-state index in [9.17, 15) is 0 Å². The van der Waals surface area contributed by atoms with E-state index in [1.165, 1.54) is 64.2 Å². The Labute approximate surface area is 104 Å². The van der Waals surface area contributed by atoms with Crippen molar-refractivity contribution in [1.29, 1.82) is 0 Å². The van der Waals surface area contributed by atoms with Crippen molar-refractivity contribution in [2.24, 2.45) is 5.92 Å². The molecular weight excluding hydrogens is 192 g/mol. The molecule has 0 aromatic rings. The molecule has 0 bridgehead atoms. The zero-order valence-corrected chi connectivity index (χ0v) is 11.8. The first kappa shape index (κ1) is 15.7. The van der Waals surface area contributed by atoms with Gasteiger partial charge in [0.05, 0.1) is 0 Å². The summed E-state index contributed by atoms with van der Waals surface area (Å²) in [5, 5.41) is 0. The Morgan fingerprint density at radius 3 is 2.19 bits per heavy atom. The summed E-state index contributed by atoms with van der Waals surface area (Å²) in [5.41, 5.74) is 0. The second-order valence-electron chi connectivity index (χ2n) is 5.16. The highest BCUT2D eigenvalue weighted by Crippen LogP contribution is 2.14. The highest BCUT2D eigenvalue weighted by atomic mass is 14.0. The van der Waals surface area contributed by atoms with Gasteiger partial charge in [0.1, 0.15) is 0 Å². The monoisotopic (exact) mass is 224 g/mol. The Kier molecular flexibility index (Phi) is 12.6. The lowest BCUT2D eigenvalue weighted by atomic mass is 9.99. The Hall–Kier alpha value is -0.260. The van der Waals surface area contributed by atoms with E-state index in [2.05, 4.69) is 32.9 Å². The quantitative estimate of drug-likeness (QED) is 0.293. The van der Waals surface area contributed by atoms with Crippen LogP contribution >= 0.6 is 0 Å². The van der Waals surface area contributed by atoms with Crippen LogP contribution in [0, 0.1) is 5.92 Å². The second kappa shape index (κ2) is 12.8. The third kappa shape index (κ3) is 11.8. The summed E-state index contributed by atoms with van der Waals surface area (Å²) >= 11 is 0. The van der Waals surface area contributed by atoms with Gasteiger partial charge in [0.2, 0.25) is 0 Å². The van der Waals surface area contributed by atoms with E-state index in [0.717, 1.165) is 5.92 Å². The molecule has 0 saturated carbocycles. The molecule has 0 aromatic heterocycles. The largest absolute Gasteiger partial charge is 0.0885 e. The van der Waals surface area contributed by atoms with E-state index in [4.69, 9.17) is 0 Å². The van der Waals surface area contributed by atoms with Crippen molar-refractivity contribution >= 4 is 0 Å². The topological polar surface area (TPSA) is 0 Å². The minimum atomic E-state index is 0.888. The second-order valence-corrected chi connectivity index (χ2v) is 5.16. The van der Waals surface area contributed by atoms with Gasteiger partial charge in [-0.05, 0) is 25.2 Å². The first-order valence-corrected chi connectivity index (χ1v) is 7.46. The van der Waals surface area contributed by atoms with Crippen molar-refractivity contribution in [3.63, 3.8) is 0 Å². The Morgan fingerprint density at radius 1 is 0.812 bits per heavy atom. The van der Waals surface area contributed by atoms with Crippen LogP contribution in [0.2, 0.25) is 0 Å². The molecule has 0 aliphatic heterocycles. The van der Waals surface area contributed by atoms with Gasteiger partial charge in [-0.15, -0.1) is 0 Å². The minimum absolute atomic E-state index is 0.888. The van der Waals surface area contributed by atoms with Crippen LogP contribution in [0.5, 0.6) is 0 Å². The molecule has 0 amide bonds. The third-order valence-corrected chi connectivity index (χ3v) is 3.23. The van der Waals surface area contributed by atoms with Crippen molar-refractivity contribution in [1.82, 2.24) is 0 Å². The number of allylic oxidation sites excluding steroid dienone is 2. The molecular formula is C16H32.